The zero-order chi connectivity index (χ0) is 14.7. The molecule has 2 aromatic rings. The van der Waals surface area contributed by atoms with Gasteiger partial charge in [0.25, 0.3) is 0 Å². The summed E-state index contributed by atoms with van der Waals surface area (Å²) in [7, 11) is 1.94. The molecular weight excluding hydrogens is 272 g/mol. The molecule has 0 saturated carbocycles. The van der Waals surface area contributed by atoms with Crippen molar-refractivity contribution in [3.63, 3.8) is 0 Å². The first-order valence-electron chi connectivity index (χ1n) is 6.51. The van der Waals surface area contributed by atoms with E-state index in [2.05, 4.69) is 30.1 Å². The van der Waals surface area contributed by atoms with Gasteiger partial charge in [0.2, 0.25) is 0 Å². The molecule has 1 N–H and O–H groups in total. The number of anilines is 1. The number of aromatic nitrogens is 1. The summed E-state index contributed by atoms with van der Waals surface area (Å²) in [5.74, 6) is -0.894. The third kappa shape index (κ3) is 3.17. The second-order valence-corrected chi connectivity index (χ2v) is 5.75. The lowest BCUT2D eigenvalue weighted by Crippen LogP contribution is -2.16. The van der Waals surface area contributed by atoms with E-state index < -0.39 is 5.97 Å². The molecule has 0 aliphatic carbocycles. The molecule has 0 fully saturated rings. The first-order chi connectivity index (χ1) is 9.51. The molecule has 1 aromatic carbocycles. The normalized spacial score (nSPS) is 10.6. The second-order valence-electron chi connectivity index (χ2n) is 4.78. The van der Waals surface area contributed by atoms with Crippen molar-refractivity contribution in [1.82, 2.24) is 4.98 Å². The quantitative estimate of drug-likeness (QED) is 0.917. The van der Waals surface area contributed by atoms with Gasteiger partial charge in [-0.1, -0.05) is 48.1 Å². The van der Waals surface area contributed by atoms with Gasteiger partial charge in [-0.05, 0) is 18.9 Å². The number of hydrogen-bond acceptors (Lipinski definition) is 4. The fraction of sp³-hybridized carbons (Fsp3) is 0.333. The average molecular weight is 290 g/mol. The zero-order valence-corrected chi connectivity index (χ0v) is 12.7. The maximum absolute atomic E-state index is 11.2. The molecule has 1 heterocycles. The minimum atomic E-state index is -0.894. The van der Waals surface area contributed by atoms with Gasteiger partial charge in [-0.15, -0.1) is 0 Å². The monoisotopic (exact) mass is 290 g/mol. The van der Waals surface area contributed by atoms with Crippen LogP contribution in [0.2, 0.25) is 0 Å². The van der Waals surface area contributed by atoms with Crippen LogP contribution in [0.3, 0.4) is 0 Å². The van der Waals surface area contributed by atoms with Crippen LogP contribution in [0.25, 0.3) is 0 Å². The van der Waals surface area contributed by atoms with Crippen LogP contribution in [0.5, 0.6) is 0 Å². The molecule has 2 rings (SSSR count). The van der Waals surface area contributed by atoms with Gasteiger partial charge < -0.3 is 10.0 Å². The maximum Gasteiger partial charge on any atom is 0.347 e. The molecule has 5 heteroatoms. The van der Waals surface area contributed by atoms with Gasteiger partial charge in [0.15, 0.2) is 5.13 Å². The Morgan fingerprint density at radius 3 is 2.75 bits per heavy atom. The number of rotatable bonds is 5. The molecule has 0 amide bonds. The van der Waals surface area contributed by atoms with E-state index in [0.29, 0.717) is 17.0 Å². The molecule has 0 spiro atoms. The lowest BCUT2D eigenvalue weighted by atomic mass is 10.1. The minimum Gasteiger partial charge on any atom is -0.477 e. The number of carboxylic acid groups (broad SMARTS) is 1. The van der Waals surface area contributed by atoms with Crippen LogP contribution in [0.15, 0.2) is 24.3 Å². The predicted octanol–water partition coefficient (Wildman–Crippen LogP) is 3.35. The second kappa shape index (κ2) is 6.05. The van der Waals surface area contributed by atoms with Crippen molar-refractivity contribution in [3.05, 3.63) is 46.0 Å². The molecule has 0 radical (unpaired) electrons. The van der Waals surface area contributed by atoms with E-state index in [9.17, 15) is 4.79 Å². The lowest BCUT2D eigenvalue weighted by molar-refractivity contribution is 0.0701. The van der Waals surface area contributed by atoms with Gasteiger partial charge >= 0.3 is 5.97 Å². The molecular formula is C15H18N2O2S. The number of benzene rings is 1. The summed E-state index contributed by atoms with van der Waals surface area (Å²) in [5.41, 5.74) is 3.07. The van der Waals surface area contributed by atoms with Gasteiger partial charge in [-0.25, -0.2) is 9.78 Å². The van der Waals surface area contributed by atoms with E-state index in [0.717, 1.165) is 11.7 Å². The molecule has 0 aliphatic heterocycles. The predicted molar refractivity (Wildman–Crippen MR) is 81.7 cm³/mol. The number of carbonyl (C=O) groups is 1. The van der Waals surface area contributed by atoms with Gasteiger partial charge in [-0.3, -0.25) is 0 Å². The van der Waals surface area contributed by atoms with Crippen molar-refractivity contribution in [2.24, 2.45) is 0 Å². The highest BCUT2D eigenvalue weighted by atomic mass is 32.1. The Morgan fingerprint density at radius 2 is 2.20 bits per heavy atom. The molecule has 0 saturated heterocycles. The van der Waals surface area contributed by atoms with Crippen molar-refractivity contribution in [2.45, 2.75) is 26.8 Å². The van der Waals surface area contributed by atoms with Crippen LogP contribution < -0.4 is 4.90 Å². The Kier molecular flexibility index (Phi) is 4.39. The molecule has 20 heavy (non-hydrogen) atoms. The largest absolute Gasteiger partial charge is 0.477 e. The van der Waals surface area contributed by atoms with Crippen LogP contribution in [0, 0.1) is 6.92 Å². The summed E-state index contributed by atoms with van der Waals surface area (Å²) in [5, 5.41) is 9.92. The smallest absolute Gasteiger partial charge is 0.347 e. The molecule has 0 aliphatic rings. The Labute approximate surface area is 122 Å². The Bertz CT molecular complexity index is 622. The summed E-state index contributed by atoms with van der Waals surface area (Å²) in [6.07, 6.45) is 0.635. The van der Waals surface area contributed by atoms with Crippen molar-refractivity contribution in [1.29, 1.82) is 0 Å². The fourth-order valence-corrected chi connectivity index (χ4v) is 3.02. The summed E-state index contributed by atoms with van der Waals surface area (Å²) in [4.78, 5) is 17.9. The number of hydrogen-bond donors (Lipinski definition) is 1. The third-order valence-corrected chi connectivity index (χ3v) is 4.24. The minimum absolute atomic E-state index is 0.346. The van der Waals surface area contributed by atoms with Gasteiger partial charge in [-0.2, -0.15) is 0 Å². The number of aryl methyl sites for hydroxylation is 2. The van der Waals surface area contributed by atoms with E-state index >= 15 is 0 Å². The van der Waals surface area contributed by atoms with E-state index in [1.807, 2.05) is 24.9 Å². The Balaban J connectivity index is 2.21. The van der Waals surface area contributed by atoms with E-state index in [1.165, 1.54) is 22.5 Å². The van der Waals surface area contributed by atoms with Crippen molar-refractivity contribution >= 4 is 22.4 Å². The van der Waals surface area contributed by atoms with Crippen LogP contribution in [0.4, 0.5) is 5.13 Å². The van der Waals surface area contributed by atoms with Crippen LogP contribution in [-0.4, -0.2) is 23.1 Å². The topological polar surface area (TPSA) is 53.4 Å². The average Bonchev–Trinajstić information content (AvgIpc) is 2.83. The van der Waals surface area contributed by atoms with Crippen molar-refractivity contribution in [2.75, 3.05) is 11.9 Å². The van der Waals surface area contributed by atoms with E-state index in [-0.39, 0.29) is 0 Å². The highest BCUT2D eigenvalue weighted by Gasteiger charge is 2.18. The van der Waals surface area contributed by atoms with E-state index in [1.54, 1.807) is 0 Å². The fourth-order valence-electron chi connectivity index (χ4n) is 2.06. The first kappa shape index (κ1) is 14.5. The molecule has 4 nitrogen and oxygen atoms in total. The zero-order valence-electron chi connectivity index (χ0n) is 11.9. The first-order valence-corrected chi connectivity index (χ1v) is 7.32. The van der Waals surface area contributed by atoms with Crippen LogP contribution in [0.1, 0.15) is 33.4 Å². The molecule has 106 valence electrons. The van der Waals surface area contributed by atoms with Crippen LogP contribution >= 0.6 is 11.3 Å². The summed E-state index contributed by atoms with van der Waals surface area (Å²) >= 11 is 1.24. The Hall–Kier alpha value is -1.88. The van der Waals surface area contributed by atoms with Crippen LogP contribution in [-0.2, 0) is 13.0 Å². The van der Waals surface area contributed by atoms with Gasteiger partial charge in [0.1, 0.15) is 4.88 Å². The number of thiazole rings is 1. The SMILES string of the molecule is CCc1nc(N(C)Cc2cccc(C)c2)sc1C(=O)O. The van der Waals surface area contributed by atoms with Crippen molar-refractivity contribution in [3.8, 4) is 0 Å². The van der Waals surface area contributed by atoms with Crippen molar-refractivity contribution < 1.29 is 9.90 Å². The maximum atomic E-state index is 11.2. The lowest BCUT2D eigenvalue weighted by Gasteiger charge is -2.15. The molecule has 1 aromatic heterocycles. The molecule has 0 bridgehead atoms. The highest BCUT2D eigenvalue weighted by molar-refractivity contribution is 7.17. The standard InChI is InChI=1S/C15H18N2O2S/c1-4-12-13(14(18)19)20-15(16-12)17(3)9-11-7-5-6-10(2)8-11/h5-8H,4,9H2,1-3H3,(H,18,19). The third-order valence-electron chi connectivity index (χ3n) is 3.04. The van der Waals surface area contributed by atoms with Gasteiger partial charge in [0.05, 0.1) is 5.69 Å². The van der Waals surface area contributed by atoms with E-state index in [4.69, 9.17) is 5.11 Å². The molecule has 0 unspecified atom stereocenters. The Morgan fingerprint density at radius 1 is 1.45 bits per heavy atom. The number of aromatic carboxylic acids is 1. The molecule has 0 atom stereocenters. The summed E-state index contributed by atoms with van der Waals surface area (Å²) in [6, 6.07) is 8.28. The van der Waals surface area contributed by atoms with Gasteiger partial charge in [0, 0.05) is 13.6 Å². The number of carboxylic acids is 1. The number of nitrogens with zero attached hydrogens (tertiary/aromatic N) is 2. The highest BCUT2D eigenvalue weighted by Crippen LogP contribution is 2.27. The summed E-state index contributed by atoms with van der Waals surface area (Å²) in [6.45, 7) is 4.70. The summed E-state index contributed by atoms with van der Waals surface area (Å²) < 4.78 is 0.